The van der Waals surface area contributed by atoms with Crippen molar-refractivity contribution in [2.45, 2.75) is 13.0 Å². The molecule has 0 aliphatic heterocycles. The number of carbonyl (C=O) groups excluding carboxylic acids is 1. The fourth-order valence-electron chi connectivity index (χ4n) is 2.61. The average Bonchev–Trinajstić information content (AvgIpc) is 3.05. The lowest BCUT2D eigenvalue weighted by molar-refractivity contribution is -0.118. The van der Waals surface area contributed by atoms with Crippen LogP contribution in [0, 0.1) is 11.6 Å². The number of fused-ring (bicyclic) bond motifs is 1. The molecule has 26 heavy (non-hydrogen) atoms. The number of anilines is 1. The van der Waals surface area contributed by atoms with E-state index in [0.29, 0.717) is 0 Å². The van der Waals surface area contributed by atoms with Gasteiger partial charge in [-0.05, 0) is 19.1 Å². The van der Waals surface area contributed by atoms with Crippen LogP contribution < -0.4 is 16.6 Å². The van der Waals surface area contributed by atoms with Crippen LogP contribution in [0.4, 0.5) is 14.5 Å². The second kappa shape index (κ2) is 6.21. The molecule has 0 fully saturated rings. The summed E-state index contributed by atoms with van der Waals surface area (Å²) in [4.78, 5) is 40.8. The van der Waals surface area contributed by atoms with Crippen molar-refractivity contribution in [2.24, 2.45) is 14.1 Å². The van der Waals surface area contributed by atoms with Crippen molar-refractivity contribution in [1.82, 2.24) is 18.7 Å². The highest BCUT2D eigenvalue weighted by Gasteiger charge is 2.22. The Bertz CT molecular complexity index is 1150. The van der Waals surface area contributed by atoms with Gasteiger partial charge in [0.05, 0.1) is 12.0 Å². The van der Waals surface area contributed by atoms with Crippen LogP contribution in [0.3, 0.4) is 0 Å². The van der Waals surface area contributed by atoms with Gasteiger partial charge in [0.1, 0.15) is 17.7 Å². The Morgan fingerprint density at radius 3 is 2.58 bits per heavy atom. The van der Waals surface area contributed by atoms with Gasteiger partial charge in [-0.15, -0.1) is 0 Å². The Morgan fingerprint density at radius 2 is 1.88 bits per heavy atom. The van der Waals surface area contributed by atoms with Gasteiger partial charge in [-0.2, -0.15) is 0 Å². The maximum atomic E-state index is 13.7. The van der Waals surface area contributed by atoms with Crippen LogP contribution in [0.25, 0.3) is 11.2 Å². The number of benzene rings is 1. The topological polar surface area (TPSA) is 90.9 Å². The molecule has 0 radical (unpaired) electrons. The smallest absolute Gasteiger partial charge is 0.322 e. The number of nitrogens with zero attached hydrogens (tertiary/aromatic N) is 4. The van der Waals surface area contributed by atoms with Gasteiger partial charge in [-0.1, -0.05) is 0 Å². The third-order valence-electron chi connectivity index (χ3n) is 4.16. The molecule has 3 rings (SSSR count). The van der Waals surface area contributed by atoms with Gasteiger partial charge >= 0.3 is 5.69 Å². The lowest BCUT2D eigenvalue weighted by Crippen LogP contribution is -2.38. The molecule has 0 aliphatic carbocycles. The fourth-order valence-corrected chi connectivity index (χ4v) is 2.61. The van der Waals surface area contributed by atoms with E-state index in [9.17, 15) is 23.2 Å². The van der Waals surface area contributed by atoms with Crippen LogP contribution in [-0.4, -0.2) is 24.6 Å². The first kappa shape index (κ1) is 17.5. The van der Waals surface area contributed by atoms with E-state index in [1.54, 1.807) is 0 Å². The Hall–Kier alpha value is -3.30. The second-order valence-corrected chi connectivity index (χ2v) is 5.82. The van der Waals surface area contributed by atoms with Gasteiger partial charge in [0.25, 0.3) is 5.56 Å². The van der Waals surface area contributed by atoms with Crippen molar-refractivity contribution in [2.75, 3.05) is 5.32 Å². The SMILES string of the molecule is CC(C(=O)Nc1cc(F)ccc1F)n1cnc2c1c(=O)n(C)c(=O)n2C. The molecule has 10 heteroatoms. The number of rotatable bonds is 3. The molecular formula is C16H15F2N5O3. The van der Waals surface area contributed by atoms with Crippen molar-refractivity contribution in [3.63, 3.8) is 0 Å². The fraction of sp³-hybridized carbons (Fsp3) is 0.250. The van der Waals surface area contributed by atoms with E-state index in [1.807, 2.05) is 0 Å². The highest BCUT2D eigenvalue weighted by Crippen LogP contribution is 2.19. The number of hydrogen-bond acceptors (Lipinski definition) is 4. The molecule has 0 saturated heterocycles. The van der Waals surface area contributed by atoms with E-state index < -0.39 is 34.8 Å². The quantitative estimate of drug-likeness (QED) is 0.749. The number of nitrogens with one attached hydrogen (secondary N) is 1. The largest absolute Gasteiger partial charge is 0.332 e. The first-order valence-corrected chi connectivity index (χ1v) is 7.61. The van der Waals surface area contributed by atoms with Crippen molar-refractivity contribution >= 4 is 22.8 Å². The van der Waals surface area contributed by atoms with E-state index in [-0.39, 0.29) is 16.9 Å². The molecule has 136 valence electrons. The summed E-state index contributed by atoms with van der Waals surface area (Å²) >= 11 is 0. The predicted molar refractivity (Wildman–Crippen MR) is 89.9 cm³/mol. The van der Waals surface area contributed by atoms with E-state index in [0.717, 1.165) is 22.8 Å². The monoisotopic (exact) mass is 363 g/mol. The minimum Gasteiger partial charge on any atom is -0.322 e. The third kappa shape index (κ3) is 2.68. The maximum absolute atomic E-state index is 13.7. The Labute approximate surface area is 145 Å². The number of hydrogen-bond donors (Lipinski definition) is 1. The molecule has 0 spiro atoms. The summed E-state index contributed by atoms with van der Waals surface area (Å²) in [6, 6.07) is 1.72. The predicted octanol–water partition coefficient (Wildman–Crippen LogP) is 0.912. The molecule has 0 saturated carbocycles. The van der Waals surface area contributed by atoms with E-state index in [4.69, 9.17) is 0 Å². The summed E-state index contributed by atoms with van der Waals surface area (Å²) in [5.41, 5.74) is -1.30. The number of aromatic nitrogens is 4. The molecule has 1 amide bonds. The Balaban J connectivity index is 2.04. The Kier molecular flexibility index (Phi) is 4.18. The van der Waals surface area contributed by atoms with Crippen LogP contribution in [-0.2, 0) is 18.9 Å². The number of carbonyl (C=O) groups is 1. The lowest BCUT2D eigenvalue weighted by Gasteiger charge is -2.15. The first-order valence-electron chi connectivity index (χ1n) is 7.61. The van der Waals surface area contributed by atoms with Crippen LogP contribution in [0.5, 0.6) is 0 Å². The third-order valence-corrected chi connectivity index (χ3v) is 4.16. The molecule has 3 aromatic rings. The molecule has 0 aliphatic rings. The molecule has 1 N–H and O–H groups in total. The number of imidazole rings is 1. The number of aryl methyl sites for hydroxylation is 1. The number of amides is 1. The van der Waals surface area contributed by atoms with Gasteiger partial charge in [0.15, 0.2) is 11.2 Å². The molecule has 8 nitrogen and oxygen atoms in total. The van der Waals surface area contributed by atoms with Crippen molar-refractivity contribution in [3.8, 4) is 0 Å². The van der Waals surface area contributed by atoms with Crippen molar-refractivity contribution in [3.05, 3.63) is 57.0 Å². The molecule has 1 atom stereocenters. The minimum atomic E-state index is -0.965. The first-order chi connectivity index (χ1) is 12.2. The summed E-state index contributed by atoms with van der Waals surface area (Å²) in [6.07, 6.45) is 1.25. The molecule has 1 aromatic carbocycles. The normalized spacial score (nSPS) is 12.3. The summed E-state index contributed by atoms with van der Waals surface area (Å²) in [5.74, 6) is -2.17. The van der Waals surface area contributed by atoms with Crippen LogP contribution in [0.1, 0.15) is 13.0 Å². The molecule has 1 unspecified atom stereocenters. The van der Waals surface area contributed by atoms with Gasteiger partial charge in [0, 0.05) is 20.2 Å². The zero-order valence-electron chi connectivity index (χ0n) is 14.2. The number of halogens is 2. The van der Waals surface area contributed by atoms with Gasteiger partial charge < -0.3 is 9.88 Å². The van der Waals surface area contributed by atoms with Crippen molar-refractivity contribution < 1.29 is 13.6 Å². The molecule has 2 aromatic heterocycles. The summed E-state index contributed by atoms with van der Waals surface area (Å²) in [7, 11) is 2.77. The minimum absolute atomic E-state index is 0.0527. The highest BCUT2D eigenvalue weighted by atomic mass is 19.1. The van der Waals surface area contributed by atoms with E-state index >= 15 is 0 Å². The van der Waals surface area contributed by atoms with Gasteiger partial charge in [-0.3, -0.25) is 18.7 Å². The van der Waals surface area contributed by atoms with Crippen molar-refractivity contribution in [1.29, 1.82) is 0 Å². The second-order valence-electron chi connectivity index (χ2n) is 5.82. The van der Waals surface area contributed by atoms with E-state index in [2.05, 4.69) is 10.3 Å². The summed E-state index contributed by atoms with van der Waals surface area (Å²) in [5, 5.41) is 2.28. The molecule has 0 bridgehead atoms. The van der Waals surface area contributed by atoms with Gasteiger partial charge in [-0.25, -0.2) is 18.6 Å². The summed E-state index contributed by atoms with van der Waals surface area (Å²) < 4.78 is 30.3. The van der Waals surface area contributed by atoms with Crippen LogP contribution in [0.2, 0.25) is 0 Å². The maximum Gasteiger partial charge on any atom is 0.332 e. The zero-order chi connectivity index (χ0) is 19.2. The Morgan fingerprint density at radius 1 is 1.19 bits per heavy atom. The average molecular weight is 363 g/mol. The summed E-state index contributed by atoms with van der Waals surface area (Å²) in [6.45, 7) is 1.47. The van der Waals surface area contributed by atoms with E-state index in [1.165, 1.54) is 36.5 Å². The standard InChI is InChI=1S/C16H15F2N5O3/c1-8(14(24)20-11-6-9(17)4-5-10(11)18)23-7-19-13-12(23)15(25)22(3)16(26)21(13)2/h4-8H,1-3H3,(H,20,24). The molecule has 2 heterocycles. The zero-order valence-corrected chi connectivity index (χ0v) is 14.2. The highest BCUT2D eigenvalue weighted by molar-refractivity contribution is 5.94. The van der Waals surface area contributed by atoms with Gasteiger partial charge in [0.2, 0.25) is 5.91 Å². The van der Waals surface area contributed by atoms with Crippen LogP contribution >= 0.6 is 0 Å². The van der Waals surface area contributed by atoms with Crippen LogP contribution in [0.15, 0.2) is 34.1 Å². The lowest BCUT2D eigenvalue weighted by atomic mass is 10.2. The molecular weight excluding hydrogens is 348 g/mol.